The van der Waals surface area contributed by atoms with E-state index in [1.165, 1.54) is 18.4 Å². The molecule has 1 aliphatic carbocycles. The minimum Gasteiger partial charge on any atom is -0.491 e. The minimum absolute atomic E-state index is 0.0815. The van der Waals surface area contributed by atoms with Gasteiger partial charge in [-0.3, -0.25) is 4.79 Å². The zero-order valence-electron chi connectivity index (χ0n) is 21.4. The second-order valence-corrected chi connectivity index (χ2v) is 10.6. The summed E-state index contributed by atoms with van der Waals surface area (Å²) < 4.78 is 10.9. The van der Waals surface area contributed by atoms with E-state index in [4.69, 9.17) is 14.5 Å². The van der Waals surface area contributed by atoms with Crippen LogP contribution in [0.5, 0.6) is 5.75 Å². The van der Waals surface area contributed by atoms with E-state index in [0.29, 0.717) is 24.6 Å². The van der Waals surface area contributed by atoms with Gasteiger partial charge in [-0.25, -0.2) is 19.9 Å². The summed E-state index contributed by atoms with van der Waals surface area (Å²) in [6, 6.07) is 8.26. The summed E-state index contributed by atoms with van der Waals surface area (Å²) in [7, 11) is 1.37. The van der Waals surface area contributed by atoms with Gasteiger partial charge in [0.05, 0.1) is 19.2 Å². The Hall–Kier alpha value is -4.01. The molecule has 37 heavy (non-hydrogen) atoms. The van der Waals surface area contributed by atoms with Gasteiger partial charge in [0.25, 0.3) is 0 Å². The molecule has 0 saturated heterocycles. The van der Waals surface area contributed by atoms with Crippen molar-refractivity contribution in [1.82, 2.24) is 24.9 Å². The standard InChI is InChI=1S/C28H30N6O3/c1-28(2)7-6-21-20(13-28)27(31-16-30-21)34-8-9-37-23-5-4-17(10-19(23)15-34)18-11-22-26(29-14-18)33-24(32-22)12-25(35)36-3/h4-5,10-11,14,16H,6-9,12-13,15H2,1-3H3,(H,29,32,33). The highest BCUT2D eigenvalue weighted by atomic mass is 16.5. The quantitative estimate of drug-likeness (QED) is 0.420. The van der Waals surface area contributed by atoms with Crippen molar-refractivity contribution in [3.63, 3.8) is 0 Å². The van der Waals surface area contributed by atoms with Gasteiger partial charge in [0.1, 0.15) is 36.7 Å². The van der Waals surface area contributed by atoms with E-state index in [1.807, 2.05) is 18.3 Å². The maximum atomic E-state index is 11.6. The number of benzene rings is 1. The third kappa shape index (κ3) is 4.61. The maximum Gasteiger partial charge on any atom is 0.313 e. The number of aryl methyl sites for hydroxylation is 1. The summed E-state index contributed by atoms with van der Waals surface area (Å²) >= 11 is 0. The number of carbonyl (C=O) groups is 1. The first-order valence-corrected chi connectivity index (χ1v) is 12.6. The van der Waals surface area contributed by atoms with Crippen LogP contribution in [0.15, 0.2) is 36.8 Å². The van der Waals surface area contributed by atoms with Crippen molar-refractivity contribution in [3.05, 3.63) is 59.4 Å². The predicted octanol–water partition coefficient (Wildman–Crippen LogP) is 4.04. The van der Waals surface area contributed by atoms with E-state index in [1.54, 1.807) is 6.33 Å². The molecule has 0 saturated carbocycles. The van der Waals surface area contributed by atoms with Crippen LogP contribution in [0, 0.1) is 5.41 Å². The number of anilines is 1. The number of methoxy groups -OCH3 is 1. The largest absolute Gasteiger partial charge is 0.491 e. The number of rotatable bonds is 4. The molecular formula is C28H30N6O3. The fourth-order valence-corrected chi connectivity index (χ4v) is 5.29. The van der Waals surface area contributed by atoms with E-state index in [-0.39, 0.29) is 17.8 Å². The summed E-state index contributed by atoms with van der Waals surface area (Å²) in [6.45, 7) is 6.71. The van der Waals surface area contributed by atoms with Gasteiger partial charge in [0, 0.05) is 35.1 Å². The van der Waals surface area contributed by atoms with Crippen molar-refractivity contribution in [1.29, 1.82) is 0 Å². The molecule has 9 nitrogen and oxygen atoms in total. The summed E-state index contributed by atoms with van der Waals surface area (Å²) in [5, 5.41) is 0. The van der Waals surface area contributed by atoms with E-state index in [2.05, 4.69) is 50.8 Å². The summed E-state index contributed by atoms with van der Waals surface area (Å²) in [5.74, 6) is 2.11. The Bertz CT molecular complexity index is 1490. The SMILES string of the molecule is COC(=O)Cc1nc2ncc(-c3ccc4c(c3)CN(c3ncnc5c3CC(C)(C)CC5)CCO4)cc2[nH]1. The lowest BCUT2D eigenvalue weighted by Gasteiger charge is -2.33. The zero-order valence-corrected chi connectivity index (χ0v) is 21.4. The molecule has 1 N–H and O–H groups in total. The molecule has 1 aliphatic heterocycles. The molecule has 0 fully saturated rings. The lowest BCUT2D eigenvalue weighted by Crippen LogP contribution is -2.31. The number of pyridine rings is 1. The number of fused-ring (bicyclic) bond motifs is 3. The van der Waals surface area contributed by atoms with Gasteiger partial charge < -0.3 is 19.4 Å². The Labute approximate surface area is 215 Å². The fourth-order valence-electron chi connectivity index (χ4n) is 5.29. The molecule has 0 spiro atoms. The molecule has 3 aromatic heterocycles. The van der Waals surface area contributed by atoms with Gasteiger partial charge >= 0.3 is 5.97 Å². The maximum absolute atomic E-state index is 11.6. The summed E-state index contributed by atoms with van der Waals surface area (Å²) in [6.07, 6.45) is 6.72. The number of aromatic nitrogens is 5. The molecule has 9 heteroatoms. The van der Waals surface area contributed by atoms with Crippen LogP contribution < -0.4 is 9.64 Å². The number of H-pyrrole nitrogens is 1. The number of carbonyl (C=O) groups excluding carboxylic acids is 1. The molecule has 190 valence electrons. The van der Waals surface area contributed by atoms with Crippen LogP contribution >= 0.6 is 0 Å². The molecular weight excluding hydrogens is 468 g/mol. The summed E-state index contributed by atoms with van der Waals surface area (Å²) in [5.41, 5.74) is 7.14. The van der Waals surface area contributed by atoms with Crippen LogP contribution in [0.25, 0.3) is 22.3 Å². The molecule has 0 radical (unpaired) electrons. The van der Waals surface area contributed by atoms with Gasteiger partial charge in [-0.2, -0.15) is 0 Å². The summed E-state index contributed by atoms with van der Waals surface area (Å²) in [4.78, 5) is 35.4. The lowest BCUT2D eigenvalue weighted by molar-refractivity contribution is -0.139. The van der Waals surface area contributed by atoms with Gasteiger partial charge in [0.2, 0.25) is 0 Å². The van der Waals surface area contributed by atoms with Crippen molar-refractivity contribution < 1.29 is 14.3 Å². The minimum atomic E-state index is -0.344. The van der Waals surface area contributed by atoms with Gasteiger partial charge in [-0.1, -0.05) is 19.9 Å². The first kappa shape index (κ1) is 23.4. The van der Waals surface area contributed by atoms with Gasteiger partial charge in [-0.15, -0.1) is 0 Å². The molecule has 2 aliphatic rings. The molecule has 0 atom stereocenters. The number of esters is 1. The van der Waals surface area contributed by atoms with Crippen molar-refractivity contribution >= 4 is 23.0 Å². The highest BCUT2D eigenvalue weighted by molar-refractivity contribution is 5.80. The zero-order chi connectivity index (χ0) is 25.6. The molecule has 6 rings (SSSR count). The highest BCUT2D eigenvalue weighted by Crippen LogP contribution is 2.39. The second kappa shape index (κ2) is 9.14. The van der Waals surface area contributed by atoms with E-state index >= 15 is 0 Å². The van der Waals surface area contributed by atoms with Crippen molar-refractivity contribution in [3.8, 4) is 16.9 Å². The van der Waals surface area contributed by atoms with Gasteiger partial charge in [0.15, 0.2) is 5.65 Å². The van der Waals surface area contributed by atoms with Gasteiger partial charge in [-0.05, 0) is 48.4 Å². The number of aromatic amines is 1. The Morgan fingerprint density at radius 2 is 2.08 bits per heavy atom. The number of ether oxygens (including phenoxy) is 2. The molecule has 4 aromatic rings. The number of hydrogen-bond acceptors (Lipinski definition) is 8. The smallest absolute Gasteiger partial charge is 0.313 e. The Morgan fingerprint density at radius 1 is 1.19 bits per heavy atom. The third-order valence-electron chi connectivity index (χ3n) is 7.31. The molecule has 4 heterocycles. The number of hydrogen-bond donors (Lipinski definition) is 1. The van der Waals surface area contributed by atoms with Crippen molar-refractivity contribution in [2.45, 2.75) is 46.1 Å². The monoisotopic (exact) mass is 498 g/mol. The van der Waals surface area contributed by atoms with Crippen LogP contribution in [-0.2, 0) is 35.3 Å². The first-order valence-electron chi connectivity index (χ1n) is 12.6. The highest BCUT2D eigenvalue weighted by Gasteiger charge is 2.30. The fraction of sp³-hybridized carbons (Fsp3) is 0.393. The third-order valence-corrected chi connectivity index (χ3v) is 7.31. The van der Waals surface area contributed by atoms with Crippen LogP contribution in [0.2, 0.25) is 0 Å². The van der Waals surface area contributed by atoms with Crippen molar-refractivity contribution in [2.24, 2.45) is 5.41 Å². The Morgan fingerprint density at radius 3 is 2.95 bits per heavy atom. The van der Waals surface area contributed by atoms with Crippen LogP contribution in [-0.4, -0.2) is 51.2 Å². The van der Waals surface area contributed by atoms with E-state index < -0.39 is 0 Å². The lowest BCUT2D eigenvalue weighted by atomic mass is 9.76. The predicted molar refractivity (Wildman–Crippen MR) is 139 cm³/mol. The number of imidazole rings is 1. The molecule has 0 unspecified atom stereocenters. The molecule has 1 aromatic carbocycles. The number of nitrogens with zero attached hydrogens (tertiary/aromatic N) is 5. The molecule has 0 amide bonds. The Kier molecular flexibility index (Phi) is 5.78. The first-order chi connectivity index (χ1) is 17.9. The average molecular weight is 499 g/mol. The van der Waals surface area contributed by atoms with Crippen LogP contribution in [0.1, 0.15) is 42.9 Å². The van der Waals surface area contributed by atoms with E-state index in [9.17, 15) is 4.79 Å². The normalized spacial score (nSPS) is 16.5. The van der Waals surface area contributed by atoms with Crippen LogP contribution in [0.4, 0.5) is 5.82 Å². The van der Waals surface area contributed by atoms with Crippen molar-refractivity contribution in [2.75, 3.05) is 25.2 Å². The Balaban J connectivity index is 1.31. The number of nitrogens with one attached hydrogen (secondary N) is 1. The topological polar surface area (TPSA) is 106 Å². The van der Waals surface area contributed by atoms with E-state index in [0.717, 1.165) is 59.6 Å². The second-order valence-electron chi connectivity index (χ2n) is 10.6. The van der Waals surface area contributed by atoms with Crippen LogP contribution in [0.3, 0.4) is 0 Å². The average Bonchev–Trinajstić information content (AvgIpc) is 3.16. The molecule has 0 bridgehead atoms.